The fraction of sp³-hybridized carbons (Fsp3) is 0.167. The highest BCUT2D eigenvalue weighted by Gasteiger charge is 2.23. The van der Waals surface area contributed by atoms with Crippen LogP contribution in [0.1, 0.15) is 0 Å². The van der Waals surface area contributed by atoms with E-state index in [1.807, 2.05) is 0 Å². The van der Waals surface area contributed by atoms with E-state index < -0.39 is 21.5 Å². The summed E-state index contributed by atoms with van der Waals surface area (Å²) in [4.78, 5) is 15.6. The van der Waals surface area contributed by atoms with Gasteiger partial charge in [-0.15, -0.1) is 0 Å². The van der Waals surface area contributed by atoms with Crippen LogP contribution in [0.25, 0.3) is 0 Å². The number of hydrogen-bond acceptors (Lipinski definition) is 4. The lowest BCUT2D eigenvalue weighted by Crippen LogP contribution is -2.24. The number of benzene rings is 1. The molecule has 0 spiro atoms. The van der Waals surface area contributed by atoms with Crippen LogP contribution in [0.4, 0.5) is 5.69 Å². The molecule has 0 unspecified atom stereocenters. The molecule has 0 saturated heterocycles. The van der Waals surface area contributed by atoms with Crippen molar-refractivity contribution in [2.75, 3.05) is 11.1 Å². The van der Waals surface area contributed by atoms with E-state index >= 15 is 0 Å². The molecule has 112 valence electrons. The number of nitrogens with one attached hydrogen (secondary N) is 1. The predicted octanol–water partition coefficient (Wildman–Crippen LogP) is 2.14. The summed E-state index contributed by atoms with van der Waals surface area (Å²) < 4.78 is 25.4. The molecule has 2 aromatic rings. The molecule has 2 rings (SSSR count). The van der Waals surface area contributed by atoms with Gasteiger partial charge in [0.25, 0.3) is 0 Å². The first-order chi connectivity index (χ1) is 9.78. The van der Waals surface area contributed by atoms with E-state index in [2.05, 4.69) is 10.3 Å². The summed E-state index contributed by atoms with van der Waals surface area (Å²) in [6.45, 7) is 0. The third kappa shape index (κ3) is 3.96. The Morgan fingerprint density at radius 3 is 2.43 bits per heavy atom. The number of anilines is 1. The van der Waals surface area contributed by atoms with Gasteiger partial charge in [-0.25, -0.2) is 13.4 Å². The maximum absolute atomic E-state index is 12.1. The molecule has 0 aliphatic rings. The zero-order valence-electron chi connectivity index (χ0n) is 10.9. The summed E-state index contributed by atoms with van der Waals surface area (Å²) >= 11 is 11.6. The Bertz CT molecular complexity index is 767. The second kappa shape index (κ2) is 6.05. The standard InChI is InChI=1S/C12H11Cl2N3O3S/c1-17-3-2-15-12(17)21(19,20)7-11(18)16-10-5-8(13)4-9(14)6-10/h2-6H,7H2,1H3,(H,16,18). The second-order valence-corrected chi connectivity index (χ2v) is 7.04. The number of sulfone groups is 1. The first kappa shape index (κ1) is 15.8. The number of halogens is 2. The van der Waals surface area contributed by atoms with Crippen LogP contribution in [0.2, 0.25) is 10.0 Å². The van der Waals surface area contributed by atoms with Crippen molar-refractivity contribution in [1.82, 2.24) is 9.55 Å². The number of carbonyl (C=O) groups is 1. The fourth-order valence-corrected chi connectivity index (χ4v) is 3.51. The van der Waals surface area contributed by atoms with Crippen molar-refractivity contribution in [2.45, 2.75) is 5.16 Å². The van der Waals surface area contributed by atoms with E-state index in [-0.39, 0.29) is 5.16 Å². The SMILES string of the molecule is Cn1ccnc1S(=O)(=O)CC(=O)Nc1cc(Cl)cc(Cl)c1. The molecule has 1 amide bonds. The van der Waals surface area contributed by atoms with E-state index in [9.17, 15) is 13.2 Å². The minimum absolute atomic E-state index is 0.165. The van der Waals surface area contributed by atoms with Crippen LogP contribution in [0, 0.1) is 0 Å². The van der Waals surface area contributed by atoms with Crippen molar-refractivity contribution < 1.29 is 13.2 Å². The Balaban J connectivity index is 2.13. The Morgan fingerprint density at radius 2 is 1.90 bits per heavy atom. The molecule has 0 radical (unpaired) electrons. The number of carbonyl (C=O) groups excluding carboxylic acids is 1. The molecular weight excluding hydrogens is 337 g/mol. The van der Waals surface area contributed by atoms with Gasteiger partial charge < -0.3 is 9.88 Å². The maximum atomic E-state index is 12.1. The number of amides is 1. The maximum Gasteiger partial charge on any atom is 0.240 e. The van der Waals surface area contributed by atoms with Crippen LogP contribution >= 0.6 is 23.2 Å². The molecule has 0 saturated carbocycles. The highest BCUT2D eigenvalue weighted by molar-refractivity contribution is 7.92. The van der Waals surface area contributed by atoms with Gasteiger partial charge in [0.2, 0.25) is 20.9 Å². The lowest BCUT2D eigenvalue weighted by atomic mass is 10.3. The van der Waals surface area contributed by atoms with Gasteiger partial charge in [-0.3, -0.25) is 4.79 Å². The van der Waals surface area contributed by atoms with Crippen LogP contribution < -0.4 is 5.32 Å². The highest BCUT2D eigenvalue weighted by atomic mass is 35.5. The molecule has 1 heterocycles. The lowest BCUT2D eigenvalue weighted by Gasteiger charge is -2.07. The molecule has 0 fully saturated rings. The highest BCUT2D eigenvalue weighted by Crippen LogP contribution is 2.22. The van der Waals surface area contributed by atoms with E-state index in [0.717, 1.165) is 0 Å². The molecule has 1 aromatic carbocycles. The molecule has 9 heteroatoms. The van der Waals surface area contributed by atoms with Crippen LogP contribution in [0.3, 0.4) is 0 Å². The molecule has 1 N–H and O–H groups in total. The van der Waals surface area contributed by atoms with Gasteiger partial charge >= 0.3 is 0 Å². The number of aromatic nitrogens is 2. The molecule has 0 atom stereocenters. The van der Waals surface area contributed by atoms with Crippen molar-refractivity contribution >= 4 is 44.6 Å². The summed E-state index contributed by atoms with van der Waals surface area (Å²) in [5.41, 5.74) is 0.326. The summed E-state index contributed by atoms with van der Waals surface area (Å²) in [6.07, 6.45) is 2.84. The first-order valence-electron chi connectivity index (χ1n) is 5.74. The number of rotatable bonds is 4. The topological polar surface area (TPSA) is 81.1 Å². The number of hydrogen-bond donors (Lipinski definition) is 1. The van der Waals surface area contributed by atoms with Crippen LogP contribution in [0.15, 0.2) is 35.7 Å². The molecule has 0 aliphatic carbocycles. The van der Waals surface area contributed by atoms with Gasteiger partial charge in [-0.05, 0) is 18.2 Å². The second-order valence-electron chi connectivity index (χ2n) is 4.29. The van der Waals surface area contributed by atoms with E-state index in [1.54, 1.807) is 0 Å². The Labute approximate surface area is 131 Å². The van der Waals surface area contributed by atoms with Gasteiger partial charge in [0.05, 0.1) is 0 Å². The average molecular weight is 348 g/mol. The fourth-order valence-electron chi connectivity index (χ4n) is 1.71. The zero-order chi connectivity index (χ0) is 15.6. The first-order valence-corrected chi connectivity index (χ1v) is 8.15. The van der Waals surface area contributed by atoms with Crippen LogP contribution in [-0.2, 0) is 21.7 Å². The Hall–Kier alpha value is -1.57. The molecule has 1 aromatic heterocycles. The predicted molar refractivity (Wildman–Crippen MR) is 80.4 cm³/mol. The summed E-state index contributed by atoms with van der Waals surface area (Å²) in [7, 11) is -2.28. The van der Waals surface area contributed by atoms with Gasteiger partial charge in [-0.2, -0.15) is 0 Å². The summed E-state index contributed by atoms with van der Waals surface area (Å²) in [6, 6.07) is 4.45. The smallest absolute Gasteiger partial charge is 0.240 e. The van der Waals surface area contributed by atoms with Crippen molar-refractivity contribution in [3.63, 3.8) is 0 Å². The van der Waals surface area contributed by atoms with E-state index in [4.69, 9.17) is 23.2 Å². The van der Waals surface area contributed by atoms with Crippen molar-refractivity contribution in [3.8, 4) is 0 Å². The Morgan fingerprint density at radius 1 is 1.29 bits per heavy atom. The number of nitrogens with zero attached hydrogens (tertiary/aromatic N) is 2. The van der Waals surface area contributed by atoms with Gasteiger partial charge in [0, 0.05) is 35.2 Å². The van der Waals surface area contributed by atoms with Crippen LogP contribution in [0.5, 0.6) is 0 Å². The Kier molecular flexibility index (Phi) is 4.55. The van der Waals surface area contributed by atoms with Crippen molar-refractivity contribution in [2.24, 2.45) is 7.05 Å². The minimum atomic E-state index is -3.81. The molecule has 21 heavy (non-hydrogen) atoms. The third-order valence-electron chi connectivity index (χ3n) is 2.52. The summed E-state index contributed by atoms with van der Waals surface area (Å²) in [5, 5.41) is 2.95. The molecule has 6 nitrogen and oxygen atoms in total. The van der Waals surface area contributed by atoms with Gasteiger partial charge in [0.1, 0.15) is 5.75 Å². The molecule has 0 bridgehead atoms. The largest absolute Gasteiger partial charge is 0.325 e. The quantitative estimate of drug-likeness (QED) is 0.918. The monoisotopic (exact) mass is 347 g/mol. The number of aryl methyl sites for hydroxylation is 1. The average Bonchev–Trinajstić information content (AvgIpc) is 2.73. The van der Waals surface area contributed by atoms with Crippen molar-refractivity contribution in [3.05, 3.63) is 40.6 Å². The number of imidazole rings is 1. The van der Waals surface area contributed by atoms with Crippen LogP contribution in [-0.4, -0.2) is 29.6 Å². The molecule has 0 aliphatic heterocycles. The lowest BCUT2D eigenvalue weighted by molar-refractivity contribution is -0.113. The zero-order valence-corrected chi connectivity index (χ0v) is 13.2. The molecular formula is C12H11Cl2N3O3S. The van der Waals surface area contributed by atoms with Gasteiger partial charge in [-0.1, -0.05) is 23.2 Å². The van der Waals surface area contributed by atoms with Crippen molar-refractivity contribution in [1.29, 1.82) is 0 Å². The minimum Gasteiger partial charge on any atom is -0.325 e. The van der Waals surface area contributed by atoms with E-state index in [0.29, 0.717) is 15.7 Å². The normalized spacial score (nSPS) is 11.4. The summed E-state index contributed by atoms with van der Waals surface area (Å²) in [5.74, 6) is -1.42. The van der Waals surface area contributed by atoms with Gasteiger partial charge in [0.15, 0.2) is 0 Å². The van der Waals surface area contributed by atoms with E-state index in [1.165, 1.54) is 42.2 Å². The third-order valence-corrected chi connectivity index (χ3v) is 4.55.